The number of benzene rings is 1. The molecule has 1 heterocycles. The zero-order valence-corrected chi connectivity index (χ0v) is 10.7. The second kappa shape index (κ2) is 5.65. The Hall–Kier alpha value is -1.16. The maximum Gasteiger partial charge on any atom is 0.387 e. The number of rotatable bonds is 2. The Labute approximate surface area is 106 Å². The van der Waals surface area contributed by atoms with Crippen molar-refractivity contribution in [1.82, 2.24) is 5.32 Å². The molecule has 0 fully saturated rings. The summed E-state index contributed by atoms with van der Waals surface area (Å²) in [6.07, 6.45) is 2.89. The van der Waals surface area contributed by atoms with Crippen LogP contribution in [0.15, 0.2) is 18.2 Å². The fourth-order valence-corrected chi connectivity index (χ4v) is 2.54. The SMILES string of the molecule is CC1CCc2ccc(OC(F)F)cc2CC(C)N1. The van der Waals surface area contributed by atoms with Crippen molar-refractivity contribution in [2.24, 2.45) is 0 Å². The van der Waals surface area contributed by atoms with Crippen LogP contribution in [-0.4, -0.2) is 18.7 Å². The molecular weight excluding hydrogens is 236 g/mol. The third kappa shape index (κ3) is 3.42. The van der Waals surface area contributed by atoms with Gasteiger partial charge in [0.15, 0.2) is 0 Å². The van der Waals surface area contributed by atoms with Gasteiger partial charge in [0.05, 0.1) is 0 Å². The fraction of sp³-hybridized carbons (Fsp3) is 0.571. The highest BCUT2D eigenvalue weighted by Gasteiger charge is 2.16. The molecular formula is C14H19F2NO. The summed E-state index contributed by atoms with van der Waals surface area (Å²) in [6, 6.07) is 6.13. The molecule has 2 unspecified atom stereocenters. The van der Waals surface area contributed by atoms with Crippen LogP contribution in [0.5, 0.6) is 5.75 Å². The maximum atomic E-state index is 12.2. The first kappa shape index (κ1) is 13.3. The molecule has 2 atom stereocenters. The Morgan fingerprint density at radius 1 is 1.22 bits per heavy atom. The third-order valence-corrected chi connectivity index (χ3v) is 3.34. The Balaban J connectivity index is 2.21. The van der Waals surface area contributed by atoms with Crippen LogP contribution in [0.1, 0.15) is 31.4 Å². The van der Waals surface area contributed by atoms with E-state index in [-0.39, 0.29) is 5.75 Å². The quantitative estimate of drug-likeness (QED) is 0.876. The molecule has 0 aromatic heterocycles. The lowest BCUT2D eigenvalue weighted by atomic mass is 9.93. The first-order chi connectivity index (χ1) is 8.54. The molecule has 18 heavy (non-hydrogen) atoms. The van der Waals surface area contributed by atoms with E-state index in [0.29, 0.717) is 12.1 Å². The van der Waals surface area contributed by atoms with Crippen LogP contribution in [0.4, 0.5) is 8.78 Å². The minimum absolute atomic E-state index is 0.254. The van der Waals surface area contributed by atoms with Crippen molar-refractivity contribution in [2.45, 2.75) is 51.8 Å². The van der Waals surface area contributed by atoms with E-state index in [1.165, 1.54) is 5.56 Å². The van der Waals surface area contributed by atoms with E-state index in [2.05, 4.69) is 23.9 Å². The van der Waals surface area contributed by atoms with Gasteiger partial charge in [0, 0.05) is 12.1 Å². The van der Waals surface area contributed by atoms with E-state index in [0.717, 1.165) is 24.8 Å². The molecule has 0 radical (unpaired) electrons. The first-order valence-corrected chi connectivity index (χ1v) is 6.37. The highest BCUT2D eigenvalue weighted by Crippen LogP contribution is 2.24. The topological polar surface area (TPSA) is 21.3 Å². The zero-order chi connectivity index (χ0) is 13.1. The number of hydrogen-bond donors (Lipinski definition) is 1. The minimum atomic E-state index is -2.76. The van der Waals surface area contributed by atoms with E-state index in [9.17, 15) is 8.78 Å². The average molecular weight is 255 g/mol. The van der Waals surface area contributed by atoms with Gasteiger partial charge in [0.2, 0.25) is 0 Å². The monoisotopic (exact) mass is 255 g/mol. The molecule has 0 saturated carbocycles. The van der Waals surface area contributed by atoms with Gasteiger partial charge in [-0.3, -0.25) is 0 Å². The molecule has 2 rings (SSSR count). The Kier molecular flexibility index (Phi) is 4.17. The molecule has 4 heteroatoms. The molecule has 1 aromatic carbocycles. The van der Waals surface area contributed by atoms with Crippen molar-refractivity contribution in [1.29, 1.82) is 0 Å². The summed E-state index contributed by atoms with van der Waals surface area (Å²) < 4.78 is 28.8. The van der Waals surface area contributed by atoms with E-state index < -0.39 is 6.61 Å². The minimum Gasteiger partial charge on any atom is -0.435 e. The molecule has 0 spiro atoms. The number of hydrogen-bond acceptors (Lipinski definition) is 2. The number of ether oxygens (including phenoxy) is 1. The molecule has 1 N–H and O–H groups in total. The van der Waals surface area contributed by atoms with Crippen molar-refractivity contribution >= 4 is 0 Å². The van der Waals surface area contributed by atoms with Gasteiger partial charge in [-0.05, 0) is 56.4 Å². The number of fused-ring (bicyclic) bond motifs is 1. The summed E-state index contributed by atoms with van der Waals surface area (Å²) in [5, 5.41) is 3.49. The molecule has 100 valence electrons. The van der Waals surface area contributed by atoms with E-state index in [1.54, 1.807) is 12.1 Å². The largest absolute Gasteiger partial charge is 0.435 e. The molecule has 0 aliphatic carbocycles. The third-order valence-electron chi connectivity index (χ3n) is 3.34. The normalized spacial score (nSPS) is 24.3. The van der Waals surface area contributed by atoms with Crippen molar-refractivity contribution in [3.8, 4) is 5.75 Å². The number of nitrogens with one attached hydrogen (secondary N) is 1. The van der Waals surface area contributed by atoms with Crippen LogP contribution in [0.2, 0.25) is 0 Å². The highest BCUT2D eigenvalue weighted by atomic mass is 19.3. The second-order valence-electron chi connectivity index (χ2n) is 5.02. The molecule has 1 aliphatic heterocycles. The van der Waals surface area contributed by atoms with Gasteiger partial charge in [-0.15, -0.1) is 0 Å². The predicted octanol–water partition coefficient (Wildman–Crippen LogP) is 3.14. The number of alkyl halides is 2. The van der Waals surface area contributed by atoms with E-state index in [1.807, 2.05) is 6.07 Å². The van der Waals surface area contributed by atoms with Gasteiger partial charge in [-0.2, -0.15) is 8.78 Å². The average Bonchev–Trinajstić information content (AvgIpc) is 2.25. The lowest BCUT2D eigenvalue weighted by Gasteiger charge is -2.25. The first-order valence-electron chi connectivity index (χ1n) is 6.37. The van der Waals surface area contributed by atoms with Gasteiger partial charge >= 0.3 is 6.61 Å². The van der Waals surface area contributed by atoms with Gasteiger partial charge in [-0.1, -0.05) is 6.07 Å². The van der Waals surface area contributed by atoms with Crippen LogP contribution >= 0.6 is 0 Å². The summed E-state index contributed by atoms with van der Waals surface area (Å²) in [4.78, 5) is 0. The molecule has 0 saturated heterocycles. The molecule has 0 bridgehead atoms. The van der Waals surface area contributed by atoms with Gasteiger partial charge in [0.25, 0.3) is 0 Å². The smallest absolute Gasteiger partial charge is 0.387 e. The lowest BCUT2D eigenvalue weighted by Crippen LogP contribution is -2.37. The van der Waals surface area contributed by atoms with Crippen molar-refractivity contribution < 1.29 is 13.5 Å². The predicted molar refractivity (Wildman–Crippen MR) is 67.2 cm³/mol. The van der Waals surface area contributed by atoms with Crippen LogP contribution in [0.25, 0.3) is 0 Å². The fourth-order valence-electron chi connectivity index (χ4n) is 2.54. The Morgan fingerprint density at radius 2 is 2.00 bits per heavy atom. The molecule has 1 aliphatic rings. The van der Waals surface area contributed by atoms with Gasteiger partial charge in [-0.25, -0.2) is 0 Å². The van der Waals surface area contributed by atoms with Crippen LogP contribution < -0.4 is 10.1 Å². The van der Waals surface area contributed by atoms with Crippen LogP contribution in [0.3, 0.4) is 0 Å². The molecule has 2 nitrogen and oxygen atoms in total. The lowest BCUT2D eigenvalue weighted by molar-refractivity contribution is -0.0498. The Bertz CT molecular complexity index is 409. The van der Waals surface area contributed by atoms with Gasteiger partial charge in [0.1, 0.15) is 5.75 Å². The van der Waals surface area contributed by atoms with Crippen molar-refractivity contribution in [3.63, 3.8) is 0 Å². The van der Waals surface area contributed by atoms with Crippen molar-refractivity contribution in [2.75, 3.05) is 0 Å². The second-order valence-corrected chi connectivity index (χ2v) is 5.02. The number of aryl methyl sites for hydroxylation is 1. The zero-order valence-electron chi connectivity index (χ0n) is 10.7. The standard InChI is InChI=1S/C14H19F2NO/c1-9-3-4-11-5-6-13(18-14(15)16)8-12(11)7-10(2)17-9/h5-6,8-10,14,17H,3-4,7H2,1-2H3. The summed E-state index contributed by atoms with van der Waals surface area (Å²) in [6.45, 7) is 1.54. The van der Waals surface area contributed by atoms with Crippen molar-refractivity contribution in [3.05, 3.63) is 29.3 Å². The molecule has 1 aromatic rings. The van der Waals surface area contributed by atoms with Gasteiger partial charge < -0.3 is 10.1 Å². The summed E-state index contributed by atoms with van der Waals surface area (Å²) in [5.41, 5.74) is 2.36. The number of halogens is 2. The Morgan fingerprint density at radius 3 is 2.72 bits per heavy atom. The highest BCUT2D eigenvalue weighted by molar-refractivity contribution is 5.36. The van der Waals surface area contributed by atoms with E-state index in [4.69, 9.17) is 0 Å². The van der Waals surface area contributed by atoms with Crippen LogP contribution in [-0.2, 0) is 12.8 Å². The summed E-state index contributed by atoms with van der Waals surface area (Å²) in [7, 11) is 0. The van der Waals surface area contributed by atoms with Crippen LogP contribution in [0, 0.1) is 0 Å². The van der Waals surface area contributed by atoms with E-state index >= 15 is 0 Å². The molecule has 0 amide bonds. The summed E-state index contributed by atoms with van der Waals surface area (Å²) >= 11 is 0. The maximum absolute atomic E-state index is 12.2. The summed E-state index contributed by atoms with van der Waals surface area (Å²) in [5.74, 6) is 0.254.